The van der Waals surface area contributed by atoms with Gasteiger partial charge in [0.2, 0.25) is 11.8 Å². The van der Waals surface area contributed by atoms with Crippen molar-refractivity contribution in [2.24, 2.45) is 5.92 Å². The lowest BCUT2D eigenvalue weighted by atomic mass is 9.78. The van der Waals surface area contributed by atoms with Crippen molar-refractivity contribution in [1.29, 1.82) is 0 Å². The van der Waals surface area contributed by atoms with E-state index in [1.165, 1.54) is 0 Å². The van der Waals surface area contributed by atoms with Crippen LogP contribution in [0.1, 0.15) is 31.2 Å². The van der Waals surface area contributed by atoms with Crippen LogP contribution < -0.4 is 10.6 Å². The predicted molar refractivity (Wildman–Crippen MR) is 104 cm³/mol. The van der Waals surface area contributed by atoms with Crippen molar-refractivity contribution >= 4 is 17.5 Å². The second-order valence-corrected chi connectivity index (χ2v) is 7.99. The molecule has 2 N–H and O–H groups in total. The number of nitrogens with zero attached hydrogens (tertiary/aromatic N) is 3. The Morgan fingerprint density at radius 1 is 1.36 bits per heavy atom. The molecule has 2 fully saturated rings. The Labute approximate surface area is 164 Å². The molecule has 0 radical (unpaired) electrons. The highest BCUT2D eigenvalue weighted by Crippen LogP contribution is 2.55. The highest BCUT2D eigenvalue weighted by atomic mass is 16.2. The molecular formula is C21H25N5O2. The highest BCUT2D eigenvalue weighted by Gasteiger charge is 2.65. The number of rotatable bonds is 5. The van der Waals surface area contributed by atoms with Crippen molar-refractivity contribution in [1.82, 2.24) is 19.8 Å². The molecular weight excluding hydrogens is 354 g/mol. The first-order chi connectivity index (χ1) is 13.7. The van der Waals surface area contributed by atoms with E-state index in [0.717, 1.165) is 50.0 Å². The molecule has 0 saturated carbocycles. The van der Waals surface area contributed by atoms with Crippen LogP contribution in [-0.2, 0) is 21.7 Å². The molecule has 1 aromatic heterocycles. The van der Waals surface area contributed by atoms with Crippen molar-refractivity contribution in [3.05, 3.63) is 48.5 Å². The summed E-state index contributed by atoms with van der Waals surface area (Å²) in [6.07, 6.45) is 9.17. The lowest BCUT2D eigenvalue weighted by Gasteiger charge is -2.36. The lowest BCUT2D eigenvalue weighted by molar-refractivity contribution is -0.137. The molecule has 3 aliphatic rings. The first kappa shape index (κ1) is 17.4. The van der Waals surface area contributed by atoms with Crippen LogP contribution >= 0.6 is 0 Å². The fourth-order valence-corrected chi connectivity index (χ4v) is 5.40. The minimum absolute atomic E-state index is 0.00751. The van der Waals surface area contributed by atoms with Crippen LogP contribution in [0.2, 0.25) is 0 Å². The monoisotopic (exact) mass is 379 g/mol. The summed E-state index contributed by atoms with van der Waals surface area (Å²) in [6, 6.07) is 8.14. The Balaban J connectivity index is 1.37. The molecule has 0 unspecified atom stereocenters. The second-order valence-electron chi connectivity index (χ2n) is 7.99. The zero-order valence-corrected chi connectivity index (χ0v) is 15.8. The van der Waals surface area contributed by atoms with Gasteiger partial charge in [0.05, 0.1) is 12.2 Å². The summed E-state index contributed by atoms with van der Waals surface area (Å²) in [5, 5.41) is 6.14. The van der Waals surface area contributed by atoms with Crippen LogP contribution in [0.4, 0.5) is 5.69 Å². The molecule has 7 heteroatoms. The number of carbonyl (C=O) groups excluding carboxylic acids is 2. The molecule has 28 heavy (non-hydrogen) atoms. The molecule has 4 heterocycles. The van der Waals surface area contributed by atoms with Gasteiger partial charge in [-0.25, -0.2) is 4.98 Å². The van der Waals surface area contributed by atoms with Crippen molar-refractivity contribution < 1.29 is 9.59 Å². The van der Waals surface area contributed by atoms with E-state index in [2.05, 4.69) is 20.5 Å². The van der Waals surface area contributed by atoms with Gasteiger partial charge in [-0.2, -0.15) is 0 Å². The van der Waals surface area contributed by atoms with Crippen LogP contribution in [0.3, 0.4) is 0 Å². The molecule has 3 atom stereocenters. The van der Waals surface area contributed by atoms with Crippen LogP contribution in [0.5, 0.6) is 0 Å². The zero-order chi connectivity index (χ0) is 19.1. The molecule has 0 aliphatic carbocycles. The molecule has 2 aromatic rings. The van der Waals surface area contributed by atoms with Gasteiger partial charge in [0.1, 0.15) is 5.54 Å². The number of aryl methyl sites for hydroxylation is 1. The summed E-state index contributed by atoms with van der Waals surface area (Å²) in [6.45, 7) is 2.28. The maximum absolute atomic E-state index is 13.3. The Hall–Kier alpha value is -2.67. The van der Waals surface area contributed by atoms with E-state index < -0.39 is 5.54 Å². The summed E-state index contributed by atoms with van der Waals surface area (Å²) < 4.78 is 2.00. The van der Waals surface area contributed by atoms with Crippen molar-refractivity contribution in [2.75, 3.05) is 18.4 Å². The number of para-hydroxylation sites is 1. The summed E-state index contributed by atoms with van der Waals surface area (Å²) >= 11 is 0. The number of anilines is 1. The summed E-state index contributed by atoms with van der Waals surface area (Å²) in [7, 11) is 0. The van der Waals surface area contributed by atoms with Crippen LogP contribution in [-0.4, -0.2) is 45.4 Å². The summed E-state index contributed by atoms with van der Waals surface area (Å²) in [5.74, 6) is -0.404. The van der Waals surface area contributed by atoms with Gasteiger partial charge in [0, 0.05) is 42.8 Å². The van der Waals surface area contributed by atoms with E-state index in [1.807, 2.05) is 35.0 Å². The largest absolute Gasteiger partial charge is 0.356 e. The van der Waals surface area contributed by atoms with E-state index in [4.69, 9.17) is 0 Å². The van der Waals surface area contributed by atoms with Gasteiger partial charge < -0.3 is 15.2 Å². The summed E-state index contributed by atoms with van der Waals surface area (Å²) in [5.41, 5.74) is 0.951. The fourth-order valence-electron chi connectivity index (χ4n) is 5.40. The highest BCUT2D eigenvalue weighted by molar-refractivity contribution is 6.09. The predicted octanol–water partition coefficient (Wildman–Crippen LogP) is 1.72. The smallest absolute Gasteiger partial charge is 0.250 e. The zero-order valence-electron chi connectivity index (χ0n) is 15.8. The van der Waals surface area contributed by atoms with Gasteiger partial charge in [-0.05, 0) is 38.3 Å². The van der Waals surface area contributed by atoms with Gasteiger partial charge in [0.15, 0.2) is 0 Å². The third kappa shape index (κ3) is 2.49. The Kier molecular flexibility index (Phi) is 4.19. The van der Waals surface area contributed by atoms with Gasteiger partial charge in [-0.15, -0.1) is 0 Å². The molecule has 2 saturated heterocycles. The van der Waals surface area contributed by atoms with E-state index in [-0.39, 0.29) is 17.7 Å². The third-order valence-electron chi connectivity index (χ3n) is 6.54. The Morgan fingerprint density at radius 3 is 3.11 bits per heavy atom. The molecule has 0 bridgehead atoms. The number of aromatic nitrogens is 2. The molecule has 1 spiro atoms. The molecule has 7 nitrogen and oxygen atoms in total. The average molecular weight is 379 g/mol. The van der Waals surface area contributed by atoms with Crippen molar-refractivity contribution in [3.8, 4) is 0 Å². The van der Waals surface area contributed by atoms with Crippen molar-refractivity contribution in [2.45, 2.75) is 43.8 Å². The Bertz CT molecular complexity index is 896. The maximum atomic E-state index is 13.3. The fraction of sp³-hybridized carbons (Fsp3) is 0.476. The number of fused-ring (bicyclic) bond motifs is 4. The van der Waals surface area contributed by atoms with Gasteiger partial charge in [-0.3, -0.25) is 14.5 Å². The van der Waals surface area contributed by atoms with E-state index in [1.54, 1.807) is 12.5 Å². The second kappa shape index (κ2) is 6.74. The van der Waals surface area contributed by atoms with Crippen LogP contribution in [0.15, 0.2) is 43.0 Å². The quantitative estimate of drug-likeness (QED) is 0.776. The minimum atomic E-state index is -0.855. The number of carbonyl (C=O) groups is 2. The van der Waals surface area contributed by atoms with Crippen LogP contribution in [0.25, 0.3) is 0 Å². The first-order valence-electron chi connectivity index (χ1n) is 10.1. The maximum Gasteiger partial charge on any atom is 0.250 e. The number of benzene rings is 1. The molecule has 5 rings (SSSR count). The average Bonchev–Trinajstić information content (AvgIpc) is 3.45. The van der Waals surface area contributed by atoms with E-state index in [9.17, 15) is 9.59 Å². The van der Waals surface area contributed by atoms with Gasteiger partial charge >= 0.3 is 0 Å². The molecule has 3 aliphatic heterocycles. The Morgan fingerprint density at radius 2 is 2.25 bits per heavy atom. The minimum Gasteiger partial charge on any atom is -0.356 e. The number of amides is 2. The van der Waals surface area contributed by atoms with E-state index in [0.29, 0.717) is 12.6 Å². The standard InChI is InChI=1S/C21H25N5O2/c27-19(23-8-4-10-25-12-9-22-14-25)17-13-15-5-3-11-26(15)21(17)16-6-1-2-7-18(16)24-20(21)28/h1-2,6-7,9,12,14-15,17H,3-5,8,10-11,13H2,(H,23,27)(H,24,28)/t15-,17-,21+/m1/s1. The number of hydrogen-bond acceptors (Lipinski definition) is 4. The number of nitrogens with one attached hydrogen (secondary N) is 2. The lowest BCUT2D eigenvalue weighted by Crippen LogP contribution is -2.54. The summed E-state index contributed by atoms with van der Waals surface area (Å²) in [4.78, 5) is 32.8. The van der Waals surface area contributed by atoms with Crippen molar-refractivity contribution in [3.63, 3.8) is 0 Å². The molecule has 1 aromatic carbocycles. The number of hydrogen-bond donors (Lipinski definition) is 2. The molecule has 2 amide bonds. The van der Waals surface area contributed by atoms with Crippen LogP contribution in [0, 0.1) is 5.92 Å². The molecule has 146 valence electrons. The number of imidazole rings is 1. The topological polar surface area (TPSA) is 79.3 Å². The normalized spacial score (nSPS) is 28.4. The van der Waals surface area contributed by atoms with E-state index >= 15 is 0 Å². The third-order valence-corrected chi connectivity index (χ3v) is 6.54. The van der Waals surface area contributed by atoms with Gasteiger partial charge in [0.25, 0.3) is 0 Å². The first-order valence-corrected chi connectivity index (χ1v) is 10.1. The SMILES string of the molecule is O=C(NCCCn1ccnc1)[C@H]1C[C@H]2CCCN2[C@]12C(=O)Nc1ccccc12. The van der Waals surface area contributed by atoms with Gasteiger partial charge in [-0.1, -0.05) is 18.2 Å².